The number of hydrogen-bond acceptors (Lipinski definition) is 11. The molecular formula is C55H105N3O8. The molecule has 0 aliphatic carbocycles. The molecule has 388 valence electrons. The van der Waals surface area contributed by atoms with E-state index in [1.807, 2.05) is 4.90 Å². The van der Waals surface area contributed by atoms with Gasteiger partial charge >= 0.3 is 5.97 Å². The number of hydrogen-bond donors (Lipinski definition) is 2. The molecule has 0 amide bonds. The molecule has 1 atom stereocenters. The molecule has 2 N–H and O–H groups in total. The average Bonchev–Trinajstić information content (AvgIpc) is 3.32. The summed E-state index contributed by atoms with van der Waals surface area (Å²) in [6, 6.07) is 0. The molecule has 66 heavy (non-hydrogen) atoms. The summed E-state index contributed by atoms with van der Waals surface area (Å²) >= 11 is 0. The largest absolute Gasteiger partial charge is 0.466 e. The maximum absolute atomic E-state index is 12.6. The number of rotatable bonds is 52. The van der Waals surface area contributed by atoms with Crippen molar-refractivity contribution >= 4 is 17.3 Å². The smallest absolute Gasteiger partial charge is 0.305 e. The van der Waals surface area contributed by atoms with Crippen LogP contribution in [0.2, 0.25) is 0 Å². The highest BCUT2D eigenvalue weighted by molar-refractivity contribution is 5.75. The van der Waals surface area contributed by atoms with Gasteiger partial charge < -0.3 is 39.2 Å². The van der Waals surface area contributed by atoms with E-state index in [2.05, 4.69) is 31.0 Å². The van der Waals surface area contributed by atoms with E-state index < -0.39 is 17.1 Å². The molecule has 0 spiro atoms. The summed E-state index contributed by atoms with van der Waals surface area (Å²) in [5.41, 5.74) is -0.0111. The highest BCUT2D eigenvalue weighted by Crippen LogP contribution is 2.22. The van der Waals surface area contributed by atoms with Crippen molar-refractivity contribution in [2.45, 2.75) is 251 Å². The van der Waals surface area contributed by atoms with E-state index in [0.29, 0.717) is 63.7 Å². The van der Waals surface area contributed by atoms with E-state index in [0.717, 1.165) is 116 Å². The summed E-state index contributed by atoms with van der Waals surface area (Å²) in [5, 5.41) is 14.2. The maximum atomic E-state index is 12.6. The van der Waals surface area contributed by atoms with Crippen LogP contribution in [0.15, 0.2) is 9.59 Å². The molecule has 0 bridgehead atoms. The molecule has 1 unspecified atom stereocenters. The molecule has 0 saturated heterocycles. The van der Waals surface area contributed by atoms with Gasteiger partial charge in [0.1, 0.15) is 11.4 Å². The van der Waals surface area contributed by atoms with Crippen molar-refractivity contribution in [1.29, 1.82) is 0 Å². The second kappa shape index (κ2) is 45.4. The lowest BCUT2D eigenvalue weighted by atomic mass is 10.0. The number of anilines is 2. The first kappa shape index (κ1) is 62.0. The normalized spacial score (nSPS) is 12.2. The number of nitrogens with one attached hydrogen (secondary N) is 1. The Morgan fingerprint density at radius 2 is 0.955 bits per heavy atom. The van der Waals surface area contributed by atoms with Crippen LogP contribution in [0.5, 0.6) is 0 Å². The topological polar surface area (TPSA) is 127 Å². The third kappa shape index (κ3) is 33.4. The Hall–Kier alpha value is -2.05. The molecular weight excluding hydrogens is 831 g/mol. The van der Waals surface area contributed by atoms with Crippen LogP contribution >= 0.6 is 0 Å². The minimum Gasteiger partial charge on any atom is -0.466 e. The lowest BCUT2D eigenvalue weighted by Crippen LogP contribution is -2.45. The van der Waals surface area contributed by atoms with Gasteiger partial charge in [-0.25, -0.2) is 0 Å². The predicted molar refractivity (Wildman–Crippen MR) is 278 cm³/mol. The van der Waals surface area contributed by atoms with Crippen LogP contribution in [0, 0.1) is 0 Å². The monoisotopic (exact) mass is 936 g/mol. The van der Waals surface area contributed by atoms with Crippen molar-refractivity contribution in [3.05, 3.63) is 20.4 Å². The molecule has 1 aromatic rings. The first-order chi connectivity index (χ1) is 32.3. The van der Waals surface area contributed by atoms with E-state index in [-0.39, 0.29) is 12.1 Å². The molecule has 1 rings (SSSR count). The summed E-state index contributed by atoms with van der Waals surface area (Å²) in [6.07, 6.45) is 38.5. The Labute approximate surface area is 405 Å². The number of ether oxygens (including phenoxy) is 4. The van der Waals surface area contributed by atoms with Gasteiger partial charge in [0.25, 0.3) is 10.9 Å². The van der Waals surface area contributed by atoms with Crippen LogP contribution in [0.3, 0.4) is 0 Å². The van der Waals surface area contributed by atoms with Crippen LogP contribution in [-0.4, -0.2) is 102 Å². The summed E-state index contributed by atoms with van der Waals surface area (Å²) in [5.74, 6) is -0.0509. The van der Waals surface area contributed by atoms with Gasteiger partial charge in [-0.1, -0.05) is 175 Å². The quantitative estimate of drug-likeness (QED) is 0.0280. The molecule has 0 fully saturated rings. The van der Waals surface area contributed by atoms with E-state index in [1.54, 1.807) is 14.2 Å². The zero-order valence-electron chi connectivity index (χ0n) is 43.8. The molecule has 0 radical (unpaired) electrons. The fourth-order valence-corrected chi connectivity index (χ4v) is 8.95. The predicted octanol–water partition coefficient (Wildman–Crippen LogP) is 12.7. The molecule has 11 heteroatoms. The summed E-state index contributed by atoms with van der Waals surface area (Å²) in [6.45, 7) is 12.9. The second-order valence-electron chi connectivity index (χ2n) is 19.2. The maximum Gasteiger partial charge on any atom is 0.305 e. The van der Waals surface area contributed by atoms with Gasteiger partial charge in [0.05, 0.1) is 25.9 Å². The molecule has 0 saturated carbocycles. The van der Waals surface area contributed by atoms with Crippen molar-refractivity contribution in [2.24, 2.45) is 0 Å². The summed E-state index contributed by atoms with van der Waals surface area (Å²) in [7, 11) is 3.26. The summed E-state index contributed by atoms with van der Waals surface area (Å²) in [4.78, 5) is 41.9. The first-order valence-electron chi connectivity index (χ1n) is 27.8. The molecule has 11 nitrogen and oxygen atoms in total. The van der Waals surface area contributed by atoms with Crippen LogP contribution in [0.4, 0.5) is 11.4 Å². The number of aliphatic hydroxyl groups is 1. The van der Waals surface area contributed by atoms with Crippen LogP contribution < -0.4 is 21.1 Å². The highest BCUT2D eigenvalue weighted by Gasteiger charge is 2.25. The molecule has 1 aromatic carbocycles. The van der Waals surface area contributed by atoms with Crippen molar-refractivity contribution in [1.82, 2.24) is 4.90 Å². The van der Waals surface area contributed by atoms with Gasteiger partial charge in [0, 0.05) is 40.3 Å². The zero-order chi connectivity index (χ0) is 48.1. The third-order valence-electron chi connectivity index (χ3n) is 13.2. The Bertz CT molecular complexity index is 1270. The van der Waals surface area contributed by atoms with Crippen molar-refractivity contribution in [3.8, 4) is 0 Å². The fourth-order valence-electron chi connectivity index (χ4n) is 8.95. The van der Waals surface area contributed by atoms with Crippen LogP contribution in [-0.2, 0) is 23.7 Å². The van der Waals surface area contributed by atoms with Crippen LogP contribution in [0.25, 0.3) is 0 Å². The van der Waals surface area contributed by atoms with E-state index in [9.17, 15) is 19.5 Å². The van der Waals surface area contributed by atoms with E-state index in [4.69, 9.17) is 18.9 Å². The minimum atomic E-state index is -0.660. The van der Waals surface area contributed by atoms with Gasteiger partial charge in [0.15, 0.2) is 6.29 Å². The number of methoxy groups -OCH3 is 2. The van der Waals surface area contributed by atoms with Gasteiger partial charge in [-0.05, 0) is 77.4 Å². The van der Waals surface area contributed by atoms with Gasteiger partial charge in [-0.15, -0.1) is 0 Å². The Morgan fingerprint density at radius 3 is 1.47 bits per heavy atom. The van der Waals surface area contributed by atoms with Gasteiger partial charge in [0.2, 0.25) is 0 Å². The minimum absolute atomic E-state index is 0.0509. The van der Waals surface area contributed by atoms with Crippen molar-refractivity contribution in [3.63, 3.8) is 0 Å². The van der Waals surface area contributed by atoms with E-state index >= 15 is 0 Å². The standard InChI is InChI=1S/C55H105N3O8/c1-6-9-12-15-18-27-34-46-65-50(59)38-30-23-19-25-32-41-57(43-35-40-56-52-53(55(62)54(52)61)58(44-47-63-4)45-48-64-5)42-33-26-20-24-31-39-51(60)66-49(36-28-21-16-13-10-7-2)37-29-22-17-14-11-8-3/h49,51,56,60H,6-48H2,1-5H3. The number of aliphatic hydroxyl groups excluding tert-OH is 1. The molecule has 0 aliphatic rings. The van der Waals surface area contributed by atoms with Gasteiger partial charge in [-0.3, -0.25) is 14.4 Å². The number of nitrogens with zero attached hydrogens (tertiary/aromatic N) is 2. The Kier molecular flexibility index (Phi) is 42.6. The zero-order valence-corrected chi connectivity index (χ0v) is 43.8. The lowest BCUT2D eigenvalue weighted by Gasteiger charge is -2.27. The van der Waals surface area contributed by atoms with Crippen molar-refractivity contribution in [2.75, 3.05) is 83.5 Å². The highest BCUT2D eigenvalue weighted by atomic mass is 16.6. The lowest BCUT2D eigenvalue weighted by molar-refractivity contribution is -0.144. The Balaban J connectivity index is 2.55. The third-order valence-corrected chi connectivity index (χ3v) is 13.2. The first-order valence-corrected chi connectivity index (χ1v) is 27.8. The molecule has 0 aromatic heterocycles. The number of carbonyl (C=O) groups excluding carboxylic acids is 1. The van der Waals surface area contributed by atoms with Crippen molar-refractivity contribution < 1.29 is 28.8 Å². The number of carbonyl (C=O) groups is 1. The van der Waals surface area contributed by atoms with Crippen LogP contribution in [0.1, 0.15) is 239 Å². The fraction of sp³-hybridized carbons (Fsp3) is 0.909. The number of esters is 1. The van der Waals surface area contributed by atoms with E-state index in [1.165, 1.54) is 109 Å². The molecule has 0 heterocycles. The van der Waals surface area contributed by atoms with Gasteiger partial charge in [-0.2, -0.15) is 0 Å². The number of unbranched alkanes of at least 4 members (excludes halogenated alkanes) is 24. The average molecular weight is 936 g/mol. The molecule has 0 aliphatic heterocycles. The summed E-state index contributed by atoms with van der Waals surface area (Å²) < 4.78 is 22.3. The SMILES string of the molecule is CCCCCCCCCOC(=O)CCCCCCCN(CCCCCCCC(O)OC(CCCCCCCC)CCCCCCCC)CCCNc1c(N(CCOC)CCOC)c(=O)c1=O. The second-order valence-corrected chi connectivity index (χ2v) is 19.2. The Morgan fingerprint density at radius 1 is 0.515 bits per heavy atom.